The maximum Gasteiger partial charge on any atom is 0.243 e. The van der Waals surface area contributed by atoms with E-state index in [-0.39, 0.29) is 48.3 Å². The summed E-state index contributed by atoms with van der Waals surface area (Å²) in [4.78, 5) is 12.8. The van der Waals surface area contributed by atoms with Gasteiger partial charge >= 0.3 is 0 Å². The number of aromatic nitrogens is 2. The number of carbonyl (C=O) groups excluding carboxylic acids is 1. The van der Waals surface area contributed by atoms with Crippen molar-refractivity contribution in [3.63, 3.8) is 0 Å². The van der Waals surface area contributed by atoms with Gasteiger partial charge in [-0.1, -0.05) is 47.4 Å². The van der Waals surface area contributed by atoms with Crippen molar-refractivity contribution in [2.75, 3.05) is 25.0 Å². The summed E-state index contributed by atoms with van der Waals surface area (Å²) < 4.78 is 47.0. The zero-order valence-corrected chi connectivity index (χ0v) is 21.6. The molecule has 35 heavy (non-hydrogen) atoms. The molecule has 4 rings (SSSR count). The summed E-state index contributed by atoms with van der Waals surface area (Å²) in [6.45, 7) is 4.16. The van der Waals surface area contributed by atoms with Gasteiger partial charge in [0.25, 0.3) is 0 Å². The highest BCUT2D eigenvalue weighted by Crippen LogP contribution is 2.28. The number of sulfonamides is 1. The lowest BCUT2D eigenvalue weighted by molar-refractivity contribution is -0.0440. The van der Waals surface area contributed by atoms with Crippen molar-refractivity contribution in [3.05, 3.63) is 65.5 Å². The number of thioether (sulfide) groups is 1. The Balaban J connectivity index is 1.35. The third kappa shape index (κ3) is 6.64. The molecule has 1 aromatic heterocycles. The van der Waals surface area contributed by atoms with Crippen LogP contribution in [-0.2, 0) is 20.5 Å². The molecule has 2 unspecified atom stereocenters. The second-order valence-corrected chi connectivity index (χ2v) is 12.3. The Morgan fingerprint density at radius 2 is 1.89 bits per heavy atom. The van der Waals surface area contributed by atoms with Crippen LogP contribution >= 0.6 is 23.1 Å². The molecule has 8 nitrogen and oxygen atoms in total. The Morgan fingerprint density at radius 3 is 2.60 bits per heavy atom. The van der Waals surface area contributed by atoms with E-state index in [0.29, 0.717) is 20.8 Å². The van der Waals surface area contributed by atoms with Gasteiger partial charge in [-0.15, -0.1) is 10.2 Å². The number of nitrogens with zero attached hydrogens (tertiary/aromatic N) is 3. The highest BCUT2D eigenvalue weighted by Gasteiger charge is 2.32. The van der Waals surface area contributed by atoms with Crippen LogP contribution in [0.5, 0.6) is 0 Å². The van der Waals surface area contributed by atoms with E-state index in [2.05, 4.69) is 15.5 Å². The largest absolute Gasteiger partial charge is 0.373 e. The van der Waals surface area contributed by atoms with Gasteiger partial charge in [0.15, 0.2) is 10.1 Å². The molecule has 2 aromatic carbocycles. The fraction of sp³-hybridized carbons (Fsp3) is 0.348. The van der Waals surface area contributed by atoms with Crippen LogP contribution < -0.4 is 5.32 Å². The zero-order chi connectivity index (χ0) is 25.0. The topological polar surface area (TPSA) is 101 Å². The molecule has 1 fully saturated rings. The highest BCUT2D eigenvalue weighted by atomic mass is 32.2. The number of Topliss-reactive ketones (excluding diaryl/α,β-unsaturated/α-hetero) is 1. The average molecular weight is 537 g/mol. The molecule has 0 radical (unpaired) electrons. The number of carbonyl (C=O) groups is 1. The number of benzene rings is 2. The maximum absolute atomic E-state index is 13.1. The molecule has 2 atom stereocenters. The summed E-state index contributed by atoms with van der Waals surface area (Å²) >= 11 is 2.77. The van der Waals surface area contributed by atoms with Crippen LogP contribution in [0.15, 0.2) is 57.8 Å². The van der Waals surface area contributed by atoms with E-state index in [1.165, 1.54) is 51.7 Å². The van der Waals surface area contributed by atoms with Gasteiger partial charge in [-0.3, -0.25) is 4.79 Å². The predicted molar refractivity (Wildman–Crippen MR) is 134 cm³/mol. The van der Waals surface area contributed by atoms with Crippen LogP contribution in [0.25, 0.3) is 0 Å². The van der Waals surface area contributed by atoms with Gasteiger partial charge in [-0.05, 0) is 43.7 Å². The lowest BCUT2D eigenvalue weighted by atomic mass is 10.1. The summed E-state index contributed by atoms with van der Waals surface area (Å²) in [5, 5.41) is 11.6. The molecule has 0 saturated carbocycles. The van der Waals surface area contributed by atoms with Gasteiger partial charge in [0.05, 0.1) is 23.6 Å². The predicted octanol–water partition coefficient (Wildman–Crippen LogP) is 4.06. The van der Waals surface area contributed by atoms with Crippen molar-refractivity contribution in [2.24, 2.45) is 0 Å². The van der Waals surface area contributed by atoms with Crippen molar-refractivity contribution in [2.45, 2.75) is 41.0 Å². The lowest BCUT2D eigenvalue weighted by Gasteiger charge is -2.34. The summed E-state index contributed by atoms with van der Waals surface area (Å²) in [6.07, 6.45) is -0.402. The first kappa shape index (κ1) is 25.7. The Kier molecular flexibility index (Phi) is 8.17. The van der Waals surface area contributed by atoms with Crippen LogP contribution in [0.2, 0.25) is 0 Å². The Labute approximate surface area is 212 Å². The molecule has 0 aliphatic carbocycles. The van der Waals surface area contributed by atoms with E-state index in [9.17, 15) is 17.6 Å². The monoisotopic (exact) mass is 536 g/mol. The van der Waals surface area contributed by atoms with Gasteiger partial charge in [-0.25, -0.2) is 12.8 Å². The number of ether oxygens (including phenoxy) is 1. The van der Waals surface area contributed by atoms with E-state index < -0.39 is 10.0 Å². The minimum Gasteiger partial charge on any atom is -0.373 e. The molecular formula is C23H25FN4O4S3. The van der Waals surface area contributed by atoms with Gasteiger partial charge in [-0.2, -0.15) is 4.31 Å². The smallest absolute Gasteiger partial charge is 0.243 e. The van der Waals surface area contributed by atoms with Gasteiger partial charge < -0.3 is 10.1 Å². The number of hydrogen-bond donors (Lipinski definition) is 1. The van der Waals surface area contributed by atoms with E-state index in [4.69, 9.17) is 4.74 Å². The van der Waals surface area contributed by atoms with Crippen molar-refractivity contribution >= 4 is 44.0 Å². The third-order valence-electron chi connectivity index (χ3n) is 5.26. The molecule has 1 aliphatic heterocycles. The second kappa shape index (κ2) is 11.1. The molecule has 3 aromatic rings. The van der Waals surface area contributed by atoms with E-state index >= 15 is 0 Å². The van der Waals surface area contributed by atoms with Crippen LogP contribution in [0.1, 0.15) is 29.8 Å². The average Bonchev–Trinajstić information content (AvgIpc) is 3.29. The van der Waals surface area contributed by atoms with Gasteiger partial charge in [0.2, 0.25) is 15.2 Å². The van der Waals surface area contributed by atoms with E-state index in [1.54, 1.807) is 24.3 Å². The first-order valence-corrected chi connectivity index (χ1v) is 14.2. The van der Waals surface area contributed by atoms with Gasteiger partial charge in [0.1, 0.15) is 5.82 Å². The molecule has 0 spiro atoms. The van der Waals surface area contributed by atoms with Crippen molar-refractivity contribution in [1.29, 1.82) is 0 Å². The van der Waals surface area contributed by atoms with Gasteiger partial charge in [0, 0.05) is 24.4 Å². The van der Waals surface area contributed by atoms with Crippen molar-refractivity contribution in [3.8, 4) is 0 Å². The van der Waals surface area contributed by atoms with E-state index in [1.807, 2.05) is 13.8 Å². The second-order valence-electron chi connectivity index (χ2n) is 8.17. The first-order valence-electron chi connectivity index (χ1n) is 10.9. The molecule has 1 saturated heterocycles. The quantitative estimate of drug-likeness (QED) is 0.323. The minimum atomic E-state index is -3.74. The zero-order valence-electron chi connectivity index (χ0n) is 19.2. The SMILES string of the molecule is CC1CN(S(=O)(=O)c2cccc(C(=O)CNc3nnc(SCc4ccc(F)cc4)s3)c2)CC(C)O1. The van der Waals surface area contributed by atoms with Crippen LogP contribution in [0.3, 0.4) is 0 Å². The van der Waals surface area contributed by atoms with Crippen LogP contribution in [0, 0.1) is 5.82 Å². The summed E-state index contributed by atoms with van der Waals surface area (Å²) in [7, 11) is -3.74. The van der Waals surface area contributed by atoms with Crippen molar-refractivity contribution < 1.29 is 22.3 Å². The van der Waals surface area contributed by atoms with Crippen LogP contribution in [-0.4, -0.2) is 60.5 Å². The number of nitrogens with one attached hydrogen (secondary N) is 1. The number of hydrogen-bond acceptors (Lipinski definition) is 9. The molecule has 0 amide bonds. The lowest BCUT2D eigenvalue weighted by Crippen LogP contribution is -2.48. The number of ketones is 1. The number of rotatable bonds is 9. The number of anilines is 1. The summed E-state index contributed by atoms with van der Waals surface area (Å²) in [5.41, 5.74) is 1.26. The third-order valence-corrected chi connectivity index (χ3v) is 9.18. The molecule has 0 bridgehead atoms. The molecule has 1 aliphatic rings. The molecular weight excluding hydrogens is 511 g/mol. The Morgan fingerprint density at radius 1 is 1.17 bits per heavy atom. The summed E-state index contributed by atoms with van der Waals surface area (Å²) in [5.74, 6) is 0.0798. The number of morpholine rings is 1. The van der Waals surface area contributed by atoms with Crippen molar-refractivity contribution in [1.82, 2.24) is 14.5 Å². The first-order chi connectivity index (χ1) is 16.7. The normalized spacial score (nSPS) is 18.9. The van der Waals surface area contributed by atoms with Crippen LogP contribution in [0.4, 0.5) is 9.52 Å². The fourth-order valence-corrected chi connectivity index (χ4v) is 6.97. The Hall–Kier alpha value is -2.38. The number of halogens is 1. The summed E-state index contributed by atoms with van der Waals surface area (Å²) in [6, 6.07) is 12.3. The van der Waals surface area contributed by atoms with E-state index in [0.717, 1.165) is 5.56 Å². The molecule has 1 N–H and O–H groups in total. The highest BCUT2D eigenvalue weighted by molar-refractivity contribution is 8.00. The standard InChI is InChI=1S/C23H25FN4O4S3/c1-15-12-28(13-16(2)32-15)35(30,31)20-5-3-4-18(10-20)21(29)11-25-22-26-27-23(34-22)33-14-17-6-8-19(24)9-7-17/h3-10,15-16H,11-14H2,1-2H3,(H,25,26). The maximum atomic E-state index is 13.1. The molecule has 12 heteroatoms. The fourth-order valence-electron chi connectivity index (χ4n) is 3.63. The minimum absolute atomic E-state index is 0.0492. The molecule has 2 heterocycles. The molecule has 186 valence electrons. The Bertz CT molecular complexity index is 1270.